The van der Waals surface area contributed by atoms with Crippen LogP contribution in [0.15, 0.2) is 65.4 Å². The summed E-state index contributed by atoms with van der Waals surface area (Å²) in [6.07, 6.45) is 3.86. The minimum Gasteiger partial charge on any atom is -0.493 e. The largest absolute Gasteiger partial charge is 0.493 e. The molecule has 4 aromatic rings. The molecule has 0 aliphatic carbocycles. The predicted octanol–water partition coefficient (Wildman–Crippen LogP) is 3.88. The van der Waals surface area contributed by atoms with Crippen molar-refractivity contribution in [3.63, 3.8) is 0 Å². The Morgan fingerprint density at radius 1 is 1.09 bits per heavy atom. The average Bonchev–Trinajstić information content (AvgIpc) is 3.52. The summed E-state index contributed by atoms with van der Waals surface area (Å²) < 4.78 is 18.0. The van der Waals surface area contributed by atoms with E-state index in [1.165, 1.54) is 5.56 Å². The first-order chi connectivity index (χ1) is 16.1. The number of rotatable bonds is 5. The Morgan fingerprint density at radius 3 is 2.67 bits per heavy atom. The van der Waals surface area contributed by atoms with Gasteiger partial charge in [0.25, 0.3) is 5.91 Å². The van der Waals surface area contributed by atoms with Gasteiger partial charge in [-0.2, -0.15) is 5.10 Å². The molecule has 0 radical (unpaired) electrons. The highest BCUT2D eigenvalue weighted by Crippen LogP contribution is 2.35. The molecule has 3 heterocycles. The fourth-order valence-electron chi connectivity index (χ4n) is 4.33. The monoisotopic (exact) mass is 444 g/mol. The van der Waals surface area contributed by atoms with Crippen LogP contribution in [0.2, 0.25) is 0 Å². The van der Waals surface area contributed by atoms with E-state index < -0.39 is 0 Å². The maximum Gasteiger partial charge on any atom is 0.276 e. The number of fused-ring (bicyclic) bond motifs is 1. The number of hydrogen-bond acceptors (Lipinski definition) is 6. The molecule has 0 N–H and O–H groups in total. The van der Waals surface area contributed by atoms with Crippen molar-refractivity contribution < 1.29 is 18.8 Å². The van der Waals surface area contributed by atoms with Gasteiger partial charge in [-0.05, 0) is 34.9 Å². The molecule has 1 atom stereocenters. The van der Waals surface area contributed by atoms with E-state index in [2.05, 4.69) is 22.4 Å². The van der Waals surface area contributed by atoms with Crippen molar-refractivity contribution in [2.24, 2.45) is 7.05 Å². The Balaban J connectivity index is 1.43. The maximum absolute atomic E-state index is 13.4. The van der Waals surface area contributed by atoms with Gasteiger partial charge < -0.3 is 18.9 Å². The average molecular weight is 444 g/mol. The lowest BCUT2D eigenvalue weighted by atomic mass is 9.86. The van der Waals surface area contributed by atoms with Gasteiger partial charge in [0.15, 0.2) is 23.0 Å². The molecule has 8 nitrogen and oxygen atoms in total. The molecule has 2 aromatic heterocycles. The van der Waals surface area contributed by atoms with E-state index in [0.717, 1.165) is 16.7 Å². The highest BCUT2D eigenvalue weighted by Gasteiger charge is 2.31. The molecule has 168 valence electrons. The molecular formula is C25H24N4O4. The fourth-order valence-corrected chi connectivity index (χ4v) is 4.33. The first-order valence-electron chi connectivity index (χ1n) is 10.6. The SMILES string of the molecule is COc1ccc(-c2cc(C(=O)N3Cc4ccccc4C(c4cnn(C)c4)C3)no2)cc1OC. The number of aryl methyl sites for hydroxylation is 1. The highest BCUT2D eigenvalue weighted by molar-refractivity contribution is 5.93. The van der Waals surface area contributed by atoms with Crippen LogP contribution in [0.4, 0.5) is 0 Å². The second-order valence-electron chi connectivity index (χ2n) is 8.03. The molecule has 33 heavy (non-hydrogen) atoms. The Morgan fingerprint density at radius 2 is 1.91 bits per heavy atom. The Hall–Kier alpha value is -4.07. The third-order valence-electron chi connectivity index (χ3n) is 6.01. The van der Waals surface area contributed by atoms with E-state index in [4.69, 9.17) is 14.0 Å². The molecule has 1 amide bonds. The van der Waals surface area contributed by atoms with Gasteiger partial charge in [-0.1, -0.05) is 29.4 Å². The van der Waals surface area contributed by atoms with E-state index in [1.54, 1.807) is 37.1 Å². The fraction of sp³-hybridized carbons (Fsp3) is 0.240. The van der Waals surface area contributed by atoms with Gasteiger partial charge in [-0.25, -0.2) is 0 Å². The molecule has 0 saturated carbocycles. The molecule has 2 aromatic carbocycles. The Bertz CT molecular complexity index is 1310. The second-order valence-corrected chi connectivity index (χ2v) is 8.03. The van der Waals surface area contributed by atoms with Gasteiger partial charge in [0.1, 0.15) is 0 Å². The summed E-state index contributed by atoms with van der Waals surface area (Å²) in [5, 5.41) is 8.39. The molecule has 1 unspecified atom stereocenters. The van der Waals surface area contributed by atoms with Crippen LogP contribution in [0.1, 0.15) is 33.1 Å². The number of methoxy groups -OCH3 is 2. The standard InChI is InChI=1S/C25H24N4O4/c1-28-13-18(12-26-28)20-15-29(14-17-6-4-5-7-19(17)20)25(30)21-11-23(33-27-21)16-8-9-22(31-2)24(10-16)32-3/h4-13,20H,14-15H2,1-3H3. The van der Waals surface area contributed by atoms with Crippen molar-refractivity contribution in [2.45, 2.75) is 12.5 Å². The number of carbonyl (C=O) groups excluding carboxylic acids is 1. The number of amides is 1. The summed E-state index contributed by atoms with van der Waals surface area (Å²) in [6, 6.07) is 15.3. The van der Waals surface area contributed by atoms with E-state index in [1.807, 2.05) is 42.5 Å². The zero-order valence-corrected chi connectivity index (χ0v) is 18.7. The Labute approximate surface area is 191 Å². The molecule has 1 aliphatic rings. The first-order valence-corrected chi connectivity index (χ1v) is 10.6. The zero-order chi connectivity index (χ0) is 22.9. The number of hydrogen-bond donors (Lipinski definition) is 0. The zero-order valence-electron chi connectivity index (χ0n) is 18.7. The summed E-state index contributed by atoms with van der Waals surface area (Å²) in [4.78, 5) is 15.2. The number of ether oxygens (including phenoxy) is 2. The normalized spacial score (nSPS) is 15.2. The van der Waals surface area contributed by atoms with Crippen molar-refractivity contribution in [1.29, 1.82) is 0 Å². The van der Waals surface area contributed by atoms with Gasteiger partial charge in [-0.15, -0.1) is 0 Å². The number of nitrogens with zero attached hydrogens (tertiary/aromatic N) is 4. The molecule has 0 bridgehead atoms. The van der Waals surface area contributed by atoms with Crippen molar-refractivity contribution in [3.8, 4) is 22.8 Å². The lowest BCUT2D eigenvalue weighted by Gasteiger charge is -2.34. The van der Waals surface area contributed by atoms with Crippen LogP contribution in [0.5, 0.6) is 11.5 Å². The van der Waals surface area contributed by atoms with Gasteiger partial charge >= 0.3 is 0 Å². The quantitative estimate of drug-likeness (QED) is 0.465. The molecule has 0 saturated heterocycles. The van der Waals surface area contributed by atoms with Crippen LogP contribution in [0, 0.1) is 0 Å². The van der Waals surface area contributed by atoms with Crippen molar-refractivity contribution in [2.75, 3.05) is 20.8 Å². The number of aromatic nitrogens is 3. The number of carbonyl (C=O) groups is 1. The van der Waals surface area contributed by atoms with Gasteiger partial charge in [0, 0.05) is 43.9 Å². The molecule has 0 fully saturated rings. The molecule has 1 aliphatic heterocycles. The minimum absolute atomic E-state index is 0.0461. The molecule has 8 heteroatoms. The topological polar surface area (TPSA) is 82.6 Å². The molecule has 0 spiro atoms. The second kappa shape index (κ2) is 8.46. The predicted molar refractivity (Wildman–Crippen MR) is 121 cm³/mol. The number of benzene rings is 2. The van der Waals surface area contributed by atoms with E-state index in [-0.39, 0.29) is 17.5 Å². The van der Waals surface area contributed by atoms with Crippen LogP contribution in [0.25, 0.3) is 11.3 Å². The third-order valence-corrected chi connectivity index (χ3v) is 6.01. The third kappa shape index (κ3) is 3.84. The maximum atomic E-state index is 13.4. The summed E-state index contributed by atoms with van der Waals surface area (Å²) in [6.45, 7) is 1.06. The lowest BCUT2D eigenvalue weighted by Crippen LogP contribution is -2.38. The van der Waals surface area contributed by atoms with Crippen molar-refractivity contribution >= 4 is 5.91 Å². The van der Waals surface area contributed by atoms with Crippen LogP contribution in [-0.2, 0) is 13.6 Å². The van der Waals surface area contributed by atoms with Crippen molar-refractivity contribution in [1.82, 2.24) is 19.8 Å². The minimum atomic E-state index is -0.172. The Kier molecular flexibility index (Phi) is 5.34. The lowest BCUT2D eigenvalue weighted by molar-refractivity contribution is 0.0714. The van der Waals surface area contributed by atoms with Gasteiger partial charge in [-0.3, -0.25) is 9.48 Å². The van der Waals surface area contributed by atoms with E-state index in [9.17, 15) is 4.79 Å². The van der Waals surface area contributed by atoms with Gasteiger partial charge in [0.2, 0.25) is 0 Å². The molecular weight excluding hydrogens is 420 g/mol. The summed E-state index contributed by atoms with van der Waals surface area (Å²) in [5.74, 6) is 1.55. The van der Waals surface area contributed by atoms with E-state index >= 15 is 0 Å². The first kappa shape index (κ1) is 20.8. The summed E-state index contributed by atoms with van der Waals surface area (Å²) in [7, 11) is 5.05. The summed E-state index contributed by atoms with van der Waals surface area (Å²) in [5.41, 5.74) is 4.43. The summed E-state index contributed by atoms with van der Waals surface area (Å²) >= 11 is 0. The molecule has 5 rings (SSSR count). The van der Waals surface area contributed by atoms with Crippen LogP contribution in [-0.4, -0.2) is 46.5 Å². The van der Waals surface area contributed by atoms with Crippen LogP contribution < -0.4 is 9.47 Å². The van der Waals surface area contributed by atoms with Crippen LogP contribution >= 0.6 is 0 Å². The van der Waals surface area contributed by atoms with Gasteiger partial charge in [0.05, 0.1) is 20.4 Å². The van der Waals surface area contributed by atoms with E-state index in [0.29, 0.717) is 30.3 Å². The van der Waals surface area contributed by atoms with Crippen LogP contribution in [0.3, 0.4) is 0 Å². The smallest absolute Gasteiger partial charge is 0.276 e. The highest BCUT2D eigenvalue weighted by atomic mass is 16.5. The van der Waals surface area contributed by atoms with Crippen molar-refractivity contribution in [3.05, 3.63) is 83.3 Å².